The van der Waals surface area contributed by atoms with E-state index in [1.807, 2.05) is 56.3 Å². The molecule has 0 spiro atoms. The van der Waals surface area contributed by atoms with Gasteiger partial charge >= 0.3 is 0 Å². The summed E-state index contributed by atoms with van der Waals surface area (Å²) in [5.74, 6) is 0.882. The van der Waals surface area contributed by atoms with Crippen LogP contribution in [0.2, 0.25) is 0 Å². The van der Waals surface area contributed by atoms with Gasteiger partial charge in [0.25, 0.3) is 5.91 Å². The molecule has 3 N–H and O–H groups in total. The van der Waals surface area contributed by atoms with Crippen LogP contribution < -0.4 is 10.6 Å². The van der Waals surface area contributed by atoms with Gasteiger partial charge in [-0.15, -0.1) is 0 Å². The molecule has 0 aliphatic heterocycles. The molecule has 3 aromatic rings. The number of aromatic amines is 1. The van der Waals surface area contributed by atoms with E-state index in [1.165, 1.54) is 5.56 Å². The van der Waals surface area contributed by atoms with Crippen LogP contribution >= 0.6 is 0 Å². The van der Waals surface area contributed by atoms with Gasteiger partial charge in [0.2, 0.25) is 5.91 Å². The van der Waals surface area contributed by atoms with Crippen LogP contribution in [0.4, 0.5) is 5.69 Å². The first-order chi connectivity index (χ1) is 14.1. The average molecular weight is 393 g/mol. The Morgan fingerprint density at radius 2 is 1.79 bits per heavy atom. The van der Waals surface area contributed by atoms with E-state index in [0.717, 1.165) is 48.2 Å². The second-order valence-electron chi connectivity index (χ2n) is 7.17. The number of benzene rings is 2. The van der Waals surface area contributed by atoms with Gasteiger partial charge in [-0.2, -0.15) is 0 Å². The molecule has 0 bridgehead atoms. The van der Waals surface area contributed by atoms with Crippen LogP contribution in [-0.4, -0.2) is 28.3 Å². The van der Waals surface area contributed by atoms with Crippen LogP contribution in [0.5, 0.6) is 0 Å². The van der Waals surface area contributed by atoms with Crippen molar-refractivity contribution >= 4 is 28.5 Å². The van der Waals surface area contributed by atoms with Crippen molar-refractivity contribution in [2.45, 2.75) is 46.0 Å². The van der Waals surface area contributed by atoms with Crippen LogP contribution in [0, 0.1) is 0 Å². The summed E-state index contributed by atoms with van der Waals surface area (Å²) in [7, 11) is 0. The smallest absolute Gasteiger partial charge is 0.251 e. The number of rotatable bonds is 9. The van der Waals surface area contributed by atoms with Crippen LogP contribution in [0.1, 0.15) is 54.9 Å². The SMILES string of the molecule is CCCNC(=O)c1ccc2nc(CCc3ccc(NC(=O)CCC)cc3)[nH]c2c1. The molecule has 2 aromatic carbocycles. The zero-order valence-electron chi connectivity index (χ0n) is 17.0. The van der Waals surface area contributed by atoms with Crippen LogP contribution in [0.3, 0.4) is 0 Å². The lowest BCUT2D eigenvalue weighted by Crippen LogP contribution is -2.23. The van der Waals surface area contributed by atoms with E-state index < -0.39 is 0 Å². The molecule has 0 fully saturated rings. The maximum Gasteiger partial charge on any atom is 0.251 e. The van der Waals surface area contributed by atoms with Gasteiger partial charge in [0.15, 0.2) is 0 Å². The first-order valence-electron chi connectivity index (χ1n) is 10.2. The third-order valence-electron chi connectivity index (χ3n) is 4.69. The Morgan fingerprint density at radius 1 is 1.00 bits per heavy atom. The zero-order chi connectivity index (χ0) is 20.6. The summed E-state index contributed by atoms with van der Waals surface area (Å²) in [6, 6.07) is 13.5. The molecule has 0 saturated carbocycles. The largest absolute Gasteiger partial charge is 0.352 e. The normalized spacial score (nSPS) is 10.8. The van der Waals surface area contributed by atoms with Gasteiger partial charge < -0.3 is 15.6 Å². The average Bonchev–Trinajstić information content (AvgIpc) is 3.13. The number of hydrogen-bond acceptors (Lipinski definition) is 3. The minimum atomic E-state index is -0.0592. The molecule has 29 heavy (non-hydrogen) atoms. The Bertz CT molecular complexity index is 976. The van der Waals surface area contributed by atoms with E-state index in [2.05, 4.69) is 20.6 Å². The Morgan fingerprint density at radius 3 is 2.52 bits per heavy atom. The Balaban J connectivity index is 1.60. The predicted molar refractivity (Wildman–Crippen MR) is 116 cm³/mol. The summed E-state index contributed by atoms with van der Waals surface area (Å²) in [5, 5.41) is 5.79. The molecular weight excluding hydrogens is 364 g/mol. The van der Waals surface area contributed by atoms with E-state index in [9.17, 15) is 9.59 Å². The molecule has 0 unspecified atom stereocenters. The van der Waals surface area contributed by atoms with Crippen LogP contribution in [0.25, 0.3) is 11.0 Å². The van der Waals surface area contributed by atoms with Crippen LogP contribution in [-0.2, 0) is 17.6 Å². The third kappa shape index (κ3) is 5.67. The van der Waals surface area contributed by atoms with E-state index in [0.29, 0.717) is 18.5 Å². The Labute approximate surface area is 171 Å². The quantitative estimate of drug-likeness (QED) is 0.509. The fourth-order valence-electron chi connectivity index (χ4n) is 3.13. The standard InChI is InChI=1S/C23H28N4O2/c1-3-5-22(28)25-18-10-6-16(7-11-18)8-13-21-26-19-12-9-17(15-20(19)27-21)23(29)24-14-4-2/h6-7,9-12,15H,3-5,8,13-14H2,1-2H3,(H,24,29)(H,25,28)(H,26,27). The summed E-state index contributed by atoms with van der Waals surface area (Å²) in [5.41, 5.74) is 4.38. The molecule has 1 heterocycles. The van der Waals surface area contributed by atoms with Crippen molar-refractivity contribution in [1.82, 2.24) is 15.3 Å². The summed E-state index contributed by atoms with van der Waals surface area (Å²) in [6.07, 6.45) is 3.90. The number of fused-ring (bicyclic) bond motifs is 1. The van der Waals surface area contributed by atoms with Crippen molar-refractivity contribution in [2.24, 2.45) is 0 Å². The molecule has 2 amide bonds. The third-order valence-corrected chi connectivity index (χ3v) is 4.69. The van der Waals surface area contributed by atoms with Crippen molar-refractivity contribution in [2.75, 3.05) is 11.9 Å². The fraction of sp³-hybridized carbons (Fsp3) is 0.348. The molecular formula is C23H28N4O2. The molecule has 0 aliphatic rings. The van der Waals surface area contributed by atoms with Crippen molar-refractivity contribution < 1.29 is 9.59 Å². The number of imidazole rings is 1. The van der Waals surface area contributed by atoms with Crippen LogP contribution in [0.15, 0.2) is 42.5 Å². The van der Waals surface area contributed by atoms with E-state index in [4.69, 9.17) is 0 Å². The Hall–Kier alpha value is -3.15. The topological polar surface area (TPSA) is 86.9 Å². The van der Waals surface area contributed by atoms with Gasteiger partial charge in [0.05, 0.1) is 11.0 Å². The maximum absolute atomic E-state index is 12.1. The van der Waals surface area contributed by atoms with Crippen molar-refractivity contribution in [3.8, 4) is 0 Å². The molecule has 0 atom stereocenters. The number of H-pyrrole nitrogens is 1. The van der Waals surface area contributed by atoms with Gasteiger partial charge in [-0.25, -0.2) is 4.98 Å². The molecule has 0 radical (unpaired) electrons. The highest BCUT2D eigenvalue weighted by Gasteiger charge is 2.09. The maximum atomic E-state index is 12.1. The highest BCUT2D eigenvalue weighted by Crippen LogP contribution is 2.16. The monoisotopic (exact) mass is 392 g/mol. The molecule has 6 nitrogen and oxygen atoms in total. The number of hydrogen-bond donors (Lipinski definition) is 3. The minimum absolute atomic E-state index is 0.0465. The van der Waals surface area contributed by atoms with Gasteiger partial charge in [-0.3, -0.25) is 9.59 Å². The van der Waals surface area contributed by atoms with E-state index >= 15 is 0 Å². The predicted octanol–water partition coefficient (Wildman–Crippen LogP) is 4.23. The molecule has 1 aromatic heterocycles. The molecule has 0 aliphatic carbocycles. The van der Waals surface area contributed by atoms with Gasteiger partial charge in [-0.05, 0) is 55.2 Å². The number of nitrogens with zero attached hydrogens (tertiary/aromatic N) is 1. The number of amides is 2. The lowest BCUT2D eigenvalue weighted by molar-refractivity contribution is -0.116. The van der Waals surface area contributed by atoms with E-state index in [-0.39, 0.29) is 11.8 Å². The zero-order valence-corrected chi connectivity index (χ0v) is 17.0. The van der Waals surface area contributed by atoms with Gasteiger partial charge in [-0.1, -0.05) is 26.0 Å². The second-order valence-corrected chi connectivity index (χ2v) is 7.17. The van der Waals surface area contributed by atoms with Crippen molar-refractivity contribution in [3.05, 3.63) is 59.4 Å². The molecule has 3 rings (SSSR count). The Kier molecular flexibility index (Phi) is 7.00. The number of anilines is 1. The fourth-order valence-corrected chi connectivity index (χ4v) is 3.13. The van der Waals surface area contributed by atoms with E-state index in [1.54, 1.807) is 0 Å². The number of nitrogens with one attached hydrogen (secondary N) is 3. The summed E-state index contributed by atoms with van der Waals surface area (Å²) < 4.78 is 0. The second kappa shape index (κ2) is 9.87. The first kappa shape index (κ1) is 20.6. The van der Waals surface area contributed by atoms with Crippen molar-refractivity contribution in [3.63, 3.8) is 0 Å². The number of carbonyl (C=O) groups excluding carboxylic acids is 2. The summed E-state index contributed by atoms with van der Waals surface area (Å²) >= 11 is 0. The summed E-state index contributed by atoms with van der Waals surface area (Å²) in [4.78, 5) is 31.7. The highest BCUT2D eigenvalue weighted by molar-refractivity contribution is 5.97. The molecule has 6 heteroatoms. The number of aryl methyl sites for hydroxylation is 2. The molecule has 152 valence electrons. The number of carbonyl (C=O) groups is 2. The first-order valence-corrected chi connectivity index (χ1v) is 10.2. The lowest BCUT2D eigenvalue weighted by atomic mass is 10.1. The van der Waals surface area contributed by atoms with Crippen molar-refractivity contribution in [1.29, 1.82) is 0 Å². The summed E-state index contributed by atoms with van der Waals surface area (Å²) in [6.45, 7) is 4.69. The van der Waals surface area contributed by atoms with Gasteiger partial charge in [0.1, 0.15) is 5.82 Å². The highest BCUT2D eigenvalue weighted by atomic mass is 16.2. The lowest BCUT2D eigenvalue weighted by Gasteiger charge is -2.05. The number of aromatic nitrogens is 2. The van der Waals surface area contributed by atoms with Gasteiger partial charge in [0, 0.05) is 30.6 Å². The minimum Gasteiger partial charge on any atom is -0.352 e. The molecule has 0 saturated heterocycles.